The lowest BCUT2D eigenvalue weighted by Gasteiger charge is -2.28. The monoisotopic (exact) mass is 355 g/mol. The zero-order chi connectivity index (χ0) is 18.1. The molecule has 0 spiro atoms. The van der Waals surface area contributed by atoms with Gasteiger partial charge in [-0.3, -0.25) is 9.98 Å². The molecule has 1 saturated heterocycles. The zero-order valence-electron chi connectivity index (χ0n) is 15.0. The summed E-state index contributed by atoms with van der Waals surface area (Å²) in [4.78, 5) is 14.9. The molecule has 2 aliphatic heterocycles. The van der Waals surface area contributed by atoms with Gasteiger partial charge in [-0.2, -0.15) is 0 Å². The summed E-state index contributed by atoms with van der Waals surface area (Å²) in [7, 11) is 0. The number of halogens is 1. The zero-order valence-corrected chi connectivity index (χ0v) is 15.0. The lowest BCUT2D eigenvalue weighted by molar-refractivity contribution is 0.0689. The predicted octanol–water partition coefficient (Wildman–Crippen LogP) is 3.32. The molecule has 0 aliphatic carbocycles. The maximum Gasteiger partial charge on any atom is 0.166 e. The Hall–Kier alpha value is -2.54. The van der Waals surface area contributed by atoms with Crippen LogP contribution in [0.25, 0.3) is 0 Å². The molecule has 0 unspecified atom stereocenters. The molecule has 7 heteroatoms. The maximum absolute atomic E-state index is 14.9. The lowest BCUT2D eigenvalue weighted by atomic mass is 10.1. The summed E-state index contributed by atoms with van der Waals surface area (Å²) in [6, 6.07) is 4.10. The fourth-order valence-electron chi connectivity index (χ4n) is 3.48. The van der Waals surface area contributed by atoms with Crippen LogP contribution in [0, 0.1) is 13.8 Å². The summed E-state index contributed by atoms with van der Waals surface area (Å²) >= 11 is 0. The van der Waals surface area contributed by atoms with Crippen LogP contribution in [-0.4, -0.2) is 40.1 Å². The van der Waals surface area contributed by atoms with Crippen LogP contribution in [0.15, 0.2) is 41.5 Å². The van der Waals surface area contributed by atoms with Crippen molar-refractivity contribution in [3.63, 3.8) is 0 Å². The summed E-state index contributed by atoms with van der Waals surface area (Å²) in [5.41, 5.74) is 2.86. The number of rotatable bonds is 3. The molecule has 2 aliphatic rings. The van der Waals surface area contributed by atoms with E-state index in [2.05, 4.69) is 19.5 Å². The van der Waals surface area contributed by atoms with Gasteiger partial charge in [-0.05, 0) is 38.8 Å². The number of hydrogen-bond acceptors (Lipinski definition) is 5. The molecule has 0 aromatic carbocycles. The predicted molar refractivity (Wildman–Crippen MR) is 98.1 cm³/mol. The second-order valence-corrected chi connectivity index (χ2v) is 6.66. The SMILES string of the molecule is Cc1ccc(N2C=C(F)C(c3cnc(C)n3C3CCOCC3)=NC2)cn1. The Labute approximate surface area is 152 Å². The Balaban J connectivity index is 1.62. The van der Waals surface area contributed by atoms with Gasteiger partial charge in [0.1, 0.15) is 18.2 Å². The average molecular weight is 355 g/mol. The second-order valence-electron chi connectivity index (χ2n) is 6.66. The number of hydrogen-bond donors (Lipinski definition) is 0. The number of anilines is 1. The van der Waals surface area contributed by atoms with E-state index in [4.69, 9.17) is 4.74 Å². The number of allylic oxidation sites excluding steroid dienone is 1. The smallest absolute Gasteiger partial charge is 0.166 e. The van der Waals surface area contributed by atoms with Gasteiger partial charge in [0.25, 0.3) is 0 Å². The minimum atomic E-state index is -0.356. The molecule has 0 bridgehead atoms. The van der Waals surface area contributed by atoms with Gasteiger partial charge in [0, 0.05) is 31.1 Å². The van der Waals surface area contributed by atoms with Crippen molar-refractivity contribution in [1.82, 2.24) is 14.5 Å². The summed E-state index contributed by atoms with van der Waals surface area (Å²) in [5, 5.41) is 0. The van der Waals surface area contributed by atoms with Gasteiger partial charge >= 0.3 is 0 Å². The first-order valence-electron chi connectivity index (χ1n) is 8.87. The number of ether oxygens (including phenoxy) is 1. The molecule has 1 fully saturated rings. The van der Waals surface area contributed by atoms with E-state index in [0.29, 0.717) is 12.4 Å². The van der Waals surface area contributed by atoms with Crippen LogP contribution in [0.2, 0.25) is 0 Å². The minimum Gasteiger partial charge on any atom is -0.381 e. The summed E-state index contributed by atoms with van der Waals surface area (Å²) < 4.78 is 22.5. The highest BCUT2D eigenvalue weighted by atomic mass is 19.1. The van der Waals surface area contributed by atoms with Gasteiger partial charge in [0.2, 0.25) is 0 Å². The molecule has 26 heavy (non-hydrogen) atoms. The number of aryl methyl sites for hydroxylation is 2. The van der Waals surface area contributed by atoms with Crippen molar-refractivity contribution in [3.05, 3.63) is 53.8 Å². The van der Waals surface area contributed by atoms with Crippen LogP contribution in [0.5, 0.6) is 0 Å². The van der Waals surface area contributed by atoms with E-state index in [9.17, 15) is 4.39 Å². The van der Waals surface area contributed by atoms with Crippen molar-refractivity contribution in [1.29, 1.82) is 0 Å². The van der Waals surface area contributed by atoms with Gasteiger partial charge in [0.15, 0.2) is 5.83 Å². The normalized spacial score (nSPS) is 18.7. The second kappa shape index (κ2) is 6.99. The third-order valence-electron chi connectivity index (χ3n) is 4.88. The Kier molecular flexibility index (Phi) is 4.55. The average Bonchev–Trinajstić information content (AvgIpc) is 3.04. The third kappa shape index (κ3) is 3.14. The van der Waals surface area contributed by atoms with Crippen molar-refractivity contribution in [2.75, 3.05) is 24.8 Å². The van der Waals surface area contributed by atoms with Gasteiger partial charge < -0.3 is 14.2 Å². The molecule has 6 nitrogen and oxygen atoms in total. The highest BCUT2D eigenvalue weighted by Crippen LogP contribution is 2.28. The molecular formula is C19H22FN5O. The first-order valence-corrected chi connectivity index (χ1v) is 8.87. The highest BCUT2D eigenvalue weighted by Gasteiger charge is 2.26. The van der Waals surface area contributed by atoms with Crippen molar-refractivity contribution in [2.45, 2.75) is 32.7 Å². The molecule has 0 atom stereocenters. The first-order chi connectivity index (χ1) is 12.6. The Bertz CT molecular complexity index is 849. The third-order valence-corrected chi connectivity index (χ3v) is 4.88. The summed E-state index contributed by atoms with van der Waals surface area (Å²) in [6.07, 6.45) is 6.76. The van der Waals surface area contributed by atoms with Crippen LogP contribution < -0.4 is 4.90 Å². The molecule has 0 radical (unpaired) electrons. The van der Waals surface area contributed by atoms with E-state index >= 15 is 0 Å². The lowest BCUT2D eigenvalue weighted by Crippen LogP contribution is -2.27. The first kappa shape index (κ1) is 16.9. The molecule has 0 amide bonds. The Morgan fingerprint density at radius 3 is 2.62 bits per heavy atom. The number of nitrogens with zero attached hydrogens (tertiary/aromatic N) is 5. The van der Waals surface area contributed by atoms with Crippen LogP contribution in [0.4, 0.5) is 10.1 Å². The molecular weight excluding hydrogens is 333 g/mol. The van der Waals surface area contributed by atoms with Crippen LogP contribution in [-0.2, 0) is 4.74 Å². The van der Waals surface area contributed by atoms with E-state index in [0.717, 1.165) is 49.0 Å². The number of aliphatic imine (C=N–C) groups is 1. The standard InChI is InChI=1S/C19H22FN5O/c1-13-3-4-16(9-21-13)24-11-17(20)19(23-12-24)18-10-22-14(2)25(18)15-5-7-26-8-6-15/h3-4,9-11,15H,5-8,12H2,1-2H3. The molecule has 4 heterocycles. The number of aromatic nitrogens is 3. The number of imidazole rings is 1. The molecule has 0 saturated carbocycles. The highest BCUT2D eigenvalue weighted by molar-refractivity contribution is 6.11. The van der Waals surface area contributed by atoms with Crippen molar-refractivity contribution in [2.24, 2.45) is 4.99 Å². The molecule has 2 aromatic rings. The van der Waals surface area contributed by atoms with Crippen LogP contribution in [0.1, 0.15) is 36.1 Å². The maximum atomic E-state index is 14.9. The van der Waals surface area contributed by atoms with E-state index in [1.54, 1.807) is 17.3 Å². The topological polar surface area (TPSA) is 55.5 Å². The van der Waals surface area contributed by atoms with Gasteiger partial charge in [-0.25, -0.2) is 9.37 Å². The van der Waals surface area contributed by atoms with Crippen molar-refractivity contribution >= 4 is 11.4 Å². The van der Waals surface area contributed by atoms with Crippen LogP contribution in [0.3, 0.4) is 0 Å². The quantitative estimate of drug-likeness (QED) is 0.847. The van der Waals surface area contributed by atoms with E-state index in [1.165, 1.54) is 6.20 Å². The number of pyridine rings is 1. The van der Waals surface area contributed by atoms with Crippen LogP contribution >= 0.6 is 0 Å². The molecule has 4 rings (SSSR count). The Morgan fingerprint density at radius 2 is 1.92 bits per heavy atom. The van der Waals surface area contributed by atoms with E-state index in [1.807, 2.05) is 26.0 Å². The molecule has 0 N–H and O–H groups in total. The van der Waals surface area contributed by atoms with E-state index < -0.39 is 0 Å². The fraction of sp³-hybridized carbons (Fsp3) is 0.421. The van der Waals surface area contributed by atoms with Gasteiger partial charge in [0.05, 0.1) is 23.8 Å². The minimum absolute atomic E-state index is 0.274. The largest absolute Gasteiger partial charge is 0.381 e. The van der Waals surface area contributed by atoms with Gasteiger partial charge in [-0.15, -0.1) is 0 Å². The van der Waals surface area contributed by atoms with Crippen molar-refractivity contribution < 1.29 is 9.13 Å². The van der Waals surface area contributed by atoms with E-state index in [-0.39, 0.29) is 11.9 Å². The fourth-order valence-corrected chi connectivity index (χ4v) is 3.48. The molecule has 2 aromatic heterocycles. The Morgan fingerprint density at radius 1 is 1.12 bits per heavy atom. The molecule has 136 valence electrons. The van der Waals surface area contributed by atoms with Crippen molar-refractivity contribution in [3.8, 4) is 0 Å². The summed E-state index contributed by atoms with van der Waals surface area (Å²) in [5.74, 6) is 0.526. The summed E-state index contributed by atoms with van der Waals surface area (Å²) in [6.45, 7) is 5.67. The van der Waals surface area contributed by atoms with Gasteiger partial charge in [-0.1, -0.05) is 0 Å².